The van der Waals surface area contributed by atoms with Crippen molar-refractivity contribution in [2.24, 2.45) is 5.41 Å². The van der Waals surface area contributed by atoms with Gasteiger partial charge in [0.25, 0.3) is 0 Å². The number of aryl methyl sites for hydroxylation is 1. The summed E-state index contributed by atoms with van der Waals surface area (Å²) in [6.45, 7) is 3.39. The largest absolute Gasteiger partial charge is 0.480 e. The van der Waals surface area contributed by atoms with Gasteiger partial charge in [0.2, 0.25) is 17.9 Å². The van der Waals surface area contributed by atoms with Gasteiger partial charge in [-0.15, -0.1) is 0 Å². The molecular weight excluding hydrogens is 579 g/mol. The number of rotatable bonds is 7. The first-order valence-corrected chi connectivity index (χ1v) is 14.0. The second-order valence-electron chi connectivity index (χ2n) is 11.2. The molecule has 4 aromatic rings. The van der Waals surface area contributed by atoms with Crippen LogP contribution < -0.4 is 20.7 Å². The number of carbonyl (C=O) groups is 1. The number of nitrogens with one attached hydrogen (secondary N) is 1. The summed E-state index contributed by atoms with van der Waals surface area (Å²) in [4.78, 5) is 29.6. The number of benzene rings is 1. The molecule has 15 heteroatoms. The molecule has 5 heterocycles. The summed E-state index contributed by atoms with van der Waals surface area (Å²) in [7, 11) is 0. The van der Waals surface area contributed by atoms with Crippen molar-refractivity contribution in [2.45, 2.75) is 44.5 Å². The number of carboxylic acids is 1. The van der Waals surface area contributed by atoms with Crippen LogP contribution in [-0.4, -0.2) is 72.6 Å². The number of hydrogen-bond donors (Lipinski definition) is 3. The number of nitrogens with zero attached hydrogens (tertiary/aromatic N) is 7. The lowest BCUT2D eigenvalue weighted by molar-refractivity contribution is -0.198. The van der Waals surface area contributed by atoms with Gasteiger partial charge >= 0.3 is 12.1 Å². The number of piperidine rings is 1. The molecule has 0 amide bonds. The van der Waals surface area contributed by atoms with Gasteiger partial charge < -0.3 is 25.8 Å². The van der Waals surface area contributed by atoms with Crippen molar-refractivity contribution in [3.8, 4) is 22.7 Å². The molecule has 44 heavy (non-hydrogen) atoms. The fourth-order valence-corrected chi connectivity index (χ4v) is 5.90. The molecule has 2 fully saturated rings. The summed E-state index contributed by atoms with van der Waals surface area (Å²) >= 11 is 0. The molecule has 6 rings (SSSR count). The van der Waals surface area contributed by atoms with Gasteiger partial charge in [-0.05, 0) is 49.3 Å². The first kappa shape index (κ1) is 29.3. The molecule has 2 aliphatic rings. The predicted molar refractivity (Wildman–Crippen MR) is 153 cm³/mol. The van der Waals surface area contributed by atoms with Crippen molar-refractivity contribution in [1.82, 2.24) is 35.0 Å². The third kappa shape index (κ3) is 6.00. The number of alkyl halides is 3. The van der Waals surface area contributed by atoms with Crippen LogP contribution in [0.2, 0.25) is 0 Å². The van der Waals surface area contributed by atoms with E-state index >= 15 is 0 Å². The highest BCUT2D eigenvalue weighted by molar-refractivity contribution is 5.74. The van der Waals surface area contributed by atoms with Crippen LogP contribution in [0.1, 0.15) is 36.6 Å². The summed E-state index contributed by atoms with van der Waals surface area (Å²) in [6.07, 6.45) is 0.759. The number of nitrogens with two attached hydrogens (primary N) is 1. The molecule has 2 atom stereocenters. The Morgan fingerprint density at radius 1 is 1.14 bits per heavy atom. The average Bonchev–Trinajstić information content (AvgIpc) is 3.62. The van der Waals surface area contributed by atoms with Gasteiger partial charge in [-0.25, -0.2) is 14.6 Å². The minimum absolute atomic E-state index is 0.155. The van der Waals surface area contributed by atoms with Crippen LogP contribution in [0.25, 0.3) is 16.8 Å². The van der Waals surface area contributed by atoms with Gasteiger partial charge in [0.15, 0.2) is 0 Å². The summed E-state index contributed by atoms with van der Waals surface area (Å²) in [6, 6.07) is 6.94. The van der Waals surface area contributed by atoms with E-state index in [4.69, 9.17) is 10.5 Å². The van der Waals surface area contributed by atoms with E-state index in [0.29, 0.717) is 61.5 Å². The number of nitrogen functional groups attached to an aromatic ring is 1. The highest BCUT2D eigenvalue weighted by Gasteiger charge is 2.46. The Morgan fingerprint density at radius 3 is 2.52 bits per heavy atom. The molecule has 2 aliphatic heterocycles. The van der Waals surface area contributed by atoms with Gasteiger partial charge in [0.05, 0.1) is 11.4 Å². The first-order chi connectivity index (χ1) is 21.0. The minimum Gasteiger partial charge on any atom is -0.480 e. The SMILES string of the molecule is Cc1ccn(-c2cc(-c3cncnc3)ccc2[C@@H](Oc2cc(N3CCC4(CC3)CNC(C(=O)O)C4)nc(N)n2)C(F)(F)F)n1. The Balaban J connectivity index is 1.30. The van der Waals surface area contributed by atoms with E-state index in [1.165, 1.54) is 23.1 Å². The molecule has 4 N–H and O–H groups in total. The molecule has 3 aromatic heterocycles. The highest BCUT2D eigenvalue weighted by atomic mass is 19.4. The van der Waals surface area contributed by atoms with E-state index in [1.54, 1.807) is 43.7 Å². The maximum atomic E-state index is 14.7. The van der Waals surface area contributed by atoms with E-state index < -0.39 is 24.3 Å². The molecule has 1 aromatic carbocycles. The number of carboxylic acid groups (broad SMARTS) is 1. The molecule has 1 spiro atoms. The maximum absolute atomic E-state index is 14.7. The predicted octanol–water partition coefficient (Wildman–Crippen LogP) is 3.73. The molecule has 0 saturated carbocycles. The van der Waals surface area contributed by atoms with Crippen molar-refractivity contribution >= 4 is 17.7 Å². The Labute approximate surface area is 250 Å². The lowest BCUT2D eigenvalue weighted by Gasteiger charge is -2.39. The monoisotopic (exact) mass is 609 g/mol. The number of ether oxygens (including phenoxy) is 1. The molecule has 12 nitrogen and oxygen atoms in total. The smallest absolute Gasteiger partial charge is 0.429 e. The van der Waals surface area contributed by atoms with Crippen LogP contribution in [0.4, 0.5) is 24.9 Å². The van der Waals surface area contributed by atoms with Crippen molar-refractivity contribution in [2.75, 3.05) is 30.3 Å². The van der Waals surface area contributed by atoms with Crippen LogP contribution in [-0.2, 0) is 4.79 Å². The lowest BCUT2D eigenvalue weighted by atomic mass is 9.76. The van der Waals surface area contributed by atoms with Gasteiger partial charge in [0.1, 0.15) is 18.2 Å². The molecule has 0 aliphatic carbocycles. The van der Waals surface area contributed by atoms with Crippen molar-refractivity contribution in [3.63, 3.8) is 0 Å². The second-order valence-corrected chi connectivity index (χ2v) is 11.2. The molecule has 0 radical (unpaired) electrons. The standard InChI is InChI=1S/C29H30F3N9O3/c1-17-4-7-41(39-17)22-10-18(19-13-34-16-35-14-19)2-3-20(22)25(29(30,31)32)44-24-11-23(37-27(33)38-24)40-8-5-28(6-9-40)12-21(26(42)43)36-15-28/h2-4,7,10-11,13-14,16,21,25,36H,5-6,8-9,12,15H2,1H3,(H,42,43)(H2,33,37,38)/t21?,25-/m1/s1. The van der Waals surface area contributed by atoms with E-state index in [9.17, 15) is 23.1 Å². The van der Waals surface area contributed by atoms with Gasteiger partial charge in [-0.3, -0.25) is 4.79 Å². The zero-order valence-corrected chi connectivity index (χ0v) is 23.7. The topological polar surface area (TPSA) is 157 Å². The summed E-state index contributed by atoms with van der Waals surface area (Å²) in [5.41, 5.74) is 7.63. The van der Waals surface area contributed by atoms with E-state index in [-0.39, 0.29) is 28.5 Å². The lowest BCUT2D eigenvalue weighted by Crippen LogP contribution is -2.41. The van der Waals surface area contributed by atoms with Crippen LogP contribution >= 0.6 is 0 Å². The molecular formula is C29H30F3N9O3. The molecule has 0 bridgehead atoms. The van der Waals surface area contributed by atoms with Gasteiger partial charge in [0, 0.05) is 55.4 Å². The van der Waals surface area contributed by atoms with E-state index in [1.807, 2.05) is 4.90 Å². The maximum Gasteiger partial charge on any atom is 0.429 e. The minimum atomic E-state index is -4.83. The van der Waals surface area contributed by atoms with Crippen molar-refractivity contribution in [1.29, 1.82) is 0 Å². The van der Waals surface area contributed by atoms with Crippen LogP contribution in [0, 0.1) is 12.3 Å². The zero-order valence-electron chi connectivity index (χ0n) is 23.7. The Hall–Kier alpha value is -4.79. The number of aliphatic carboxylic acids is 1. The third-order valence-corrected chi connectivity index (χ3v) is 8.23. The number of hydrogen-bond acceptors (Lipinski definition) is 10. The number of halogens is 3. The number of aromatic nitrogens is 6. The summed E-state index contributed by atoms with van der Waals surface area (Å²) in [5.74, 6) is -1.09. The Kier molecular flexibility index (Phi) is 7.57. The molecule has 230 valence electrons. The van der Waals surface area contributed by atoms with Crippen LogP contribution in [0.3, 0.4) is 0 Å². The normalized spacial score (nSPS) is 18.8. The first-order valence-electron chi connectivity index (χ1n) is 14.0. The van der Waals surface area contributed by atoms with Gasteiger partial charge in [-0.1, -0.05) is 12.1 Å². The van der Waals surface area contributed by atoms with Crippen LogP contribution in [0.15, 0.2) is 55.2 Å². The average molecular weight is 610 g/mol. The summed E-state index contributed by atoms with van der Waals surface area (Å²) in [5, 5.41) is 16.8. The molecule has 1 unspecified atom stereocenters. The second kappa shape index (κ2) is 11.4. The van der Waals surface area contributed by atoms with Crippen LogP contribution in [0.5, 0.6) is 5.88 Å². The zero-order chi connectivity index (χ0) is 31.1. The number of anilines is 2. The fraction of sp³-hybridized carbons (Fsp3) is 0.379. The molecule has 2 saturated heterocycles. The van der Waals surface area contributed by atoms with E-state index in [0.717, 1.165) is 0 Å². The highest BCUT2D eigenvalue weighted by Crippen LogP contribution is 2.42. The fourth-order valence-electron chi connectivity index (χ4n) is 5.90. The Morgan fingerprint density at radius 2 is 1.89 bits per heavy atom. The van der Waals surface area contributed by atoms with Gasteiger partial charge in [-0.2, -0.15) is 28.2 Å². The quantitative estimate of drug-likeness (QED) is 0.281. The van der Waals surface area contributed by atoms with E-state index in [2.05, 4.69) is 30.4 Å². The third-order valence-electron chi connectivity index (χ3n) is 8.23. The van der Waals surface area contributed by atoms with Crippen molar-refractivity contribution < 1.29 is 27.8 Å². The van der Waals surface area contributed by atoms with Crippen molar-refractivity contribution in [3.05, 3.63) is 66.5 Å². The Bertz CT molecular complexity index is 1660. The summed E-state index contributed by atoms with van der Waals surface area (Å²) < 4.78 is 51.1.